The lowest BCUT2D eigenvalue weighted by Crippen LogP contribution is -2.45. The Bertz CT molecular complexity index is 229. The number of nitrogens with one attached hydrogen (secondary N) is 1. The van der Waals surface area contributed by atoms with E-state index in [4.69, 9.17) is 0 Å². The Morgan fingerprint density at radius 2 is 1.71 bits per heavy atom. The smallest absolute Gasteiger partial charge is 0.0195 e. The van der Waals surface area contributed by atoms with Crippen LogP contribution in [0.5, 0.6) is 0 Å². The molecular weight excluding hydrogens is 208 g/mol. The van der Waals surface area contributed by atoms with Crippen LogP contribution >= 0.6 is 0 Å². The van der Waals surface area contributed by atoms with Crippen LogP contribution < -0.4 is 5.32 Å². The van der Waals surface area contributed by atoms with Crippen LogP contribution in [0.3, 0.4) is 0 Å². The number of hydrogen-bond donors (Lipinski definition) is 1. The topological polar surface area (TPSA) is 15.3 Å². The molecule has 0 aromatic rings. The van der Waals surface area contributed by atoms with Crippen LogP contribution in [-0.2, 0) is 0 Å². The molecule has 0 unspecified atom stereocenters. The molecule has 2 heteroatoms. The fraction of sp³-hybridized carbons (Fsp3) is 1.00. The first-order chi connectivity index (χ1) is 8.36. The van der Waals surface area contributed by atoms with Crippen LogP contribution in [0.15, 0.2) is 0 Å². The van der Waals surface area contributed by atoms with Gasteiger partial charge in [0.15, 0.2) is 0 Å². The largest absolute Gasteiger partial charge is 0.313 e. The molecule has 3 fully saturated rings. The highest BCUT2D eigenvalue weighted by atomic mass is 15.2. The summed E-state index contributed by atoms with van der Waals surface area (Å²) in [5, 5.41) is 3.63. The van der Waals surface area contributed by atoms with E-state index in [1.54, 1.807) is 0 Å². The van der Waals surface area contributed by atoms with Crippen molar-refractivity contribution in [3.05, 3.63) is 0 Å². The maximum absolute atomic E-state index is 3.63. The van der Waals surface area contributed by atoms with Gasteiger partial charge in [-0.05, 0) is 63.6 Å². The van der Waals surface area contributed by atoms with E-state index in [-0.39, 0.29) is 0 Å². The lowest BCUT2D eigenvalue weighted by atomic mass is 9.68. The molecule has 1 spiro atoms. The van der Waals surface area contributed by atoms with Gasteiger partial charge in [-0.15, -0.1) is 0 Å². The van der Waals surface area contributed by atoms with Crippen LogP contribution in [0.25, 0.3) is 0 Å². The van der Waals surface area contributed by atoms with Gasteiger partial charge >= 0.3 is 0 Å². The van der Waals surface area contributed by atoms with Crippen LogP contribution in [0, 0.1) is 5.41 Å². The number of piperidine rings is 1. The molecule has 17 heavy (non-hydrogen) atoms. The van der Waals surface area contributed by atoms with Crippen LogP contribution in [0.2, 0.25) is 0 Å². The van der Waals surface area contributed by atoms with Crippen molar-refractivity contribution in [3.8, 4) is 0 Å². The summed E-state index contributed by atoms with van der Waals surface area (Å²) in [4.78, 5) is 2.73. The molecule has 2 aliphatic heterocycles. The Hall–Kier alpha value is -0.0800. The molecule has 0 bridgehead atoms. The SMILES string of the molecule is C1CCC2(CC1)CCN(C[C@H]1CCCN1)CC2. The van der Waals surface area contributed by atoms with Crippen molar-refractivity contribution < 1.29 is 0 Å². The van der Waals surface area contributed by atoms with Crippen molar-refractivity contribution in [2.45, 2.75) is 63.8 Å². The lowest BCUT2D eigenvalue weighted by molar-refractivity contribution is 0.0639. The molecule has 1 saturated carbocycles. The summed E-state index contributed by atoms with van der Waals surface area (Å²) in [6.07, 6.45) is 13.3. The molecule has 3 aliphatic rings. The minimum Gasteiger partial charge on any atom is -0.313 e. The summed E-state index contributed by atoms with van der Waals surface area (Å²) in [6.45, 7) is 5.31. The van der Waals surface area contributed by atoms with Gasteiger partial charge in [0.25, 0.3) is 0 Å². The van der Waals surface area contributed by atoms with Gasteiger partial charge in [-0.3, -0.25) is 0 Å². The van der Waals surface area contributed by atoms with Crippen LogP contribution in [-0.4, -0.2) is 37.1 Å². The molecule has 0 aromatic carbocycles. The van der Waals surface area contributed by atoms with E-state index in [2.05, 4.69) is 10.2 Å². The molecule has 3 rings (SSSR count). The quantitative estimate of drug-likeness (QED) is 0.793. The van der Waals surface area contributed by atoms with Gasteiger partial charge < -0.3 is 10.2 Å². The Morgan fingerprint density at radius 3 is 2.35 bits per heavy atom. The van der Waals surface area contributed by atoms with E-state index in [1.165, 1.54) is 84.0 Å². The fourth-order valence-corrected chi connectivity index (χ4v) is 4.24. The molecule has 1 N–H and O–H groups in total. The highest BCUT2D eigenvalue weighted by molar-refractivity contribution is 4.89. The Kier molecular flexibility index (Phi) is 3.72. The Labute approximate surface area is 106 Å². The van der Waals surface area contributed by atoms with Crippen molar-refractivity contribution >= 4 is 0 Å². The molecule has 2 saturated heterocycles. The monoisotopic (exact) mass is 236 g/mol. The van der Waals surface area contributed by atoms with Crippen molar-refractivity contribution in [2.24, 2.45) is 5.41 Å². The molecule has 2 nitrogen and oxygen atoms in total. The number of likely N-dealkylation sites (tertiary alicyclic amines) is 1. The number of rotatable bonds is 2. The highest BCUT2D eigenvalue weighted by Crippen LogP contribution is 2.44. The predicted octanol–water partition coefficient (Wildman–Crippen LogP) is 2.78. The number of nitrogens with zero attached hydrogens (tertiary/aromatic N) is 1. The lowest BCUT2D eigenvalue weighted by Gasteiger charge is -2.44. The molecular formula is C15H28N2. The first kappa shape index (κ1) is 12.0. The van der Waals surface area contributed by atoms with Gasteiger partial charge in [-0.2, -0.15) is 0 Å². The third kappa shape index (κ3) is 2.85. The standard InChI is InChI=1S/C15H28N2/c1-2-6-15(7-3-1)8-11-17(12-9-15)13-14-5-4-10-16-14/h14,16H,1-13H2/t14-/m1/s1. The molecule has 0 aromatic heterocycles. The van der Waals surface area contributed by atoms with Gasteiger partial charge in [0.1, 0.15) is 0 Å². The molecule has 2 heterocycles. The fourth-order valence-electron chi connectivity index (χ4n) is 4.24. The van der Waals surface area contributed by atoms with Crippen LogP contribution in [0.1, 0.15) is 57.8 Å². The third-order valence-corrected chi connectivity index (χ3v) is 5.47. The second-order valence-electron chi connectivity index (χ2n) is 6.65. The van der Waals surface area contributed by atoms with Crippen molar-refractivity contribution in [3.63, 3.8) is 0 Å². The summed E-state index contributed by atoms with van der Waals surface area (Å²) in [5.41, 5.74) is 0.776. The van der Waals surface area contributed by atoms with Gasteiger partial charge in [0.2, 0.25) is 0 Å². The first-order valence-corrected chi connectivity index (χ1v) is 7.82. The minimum atomic E-state index is 0.776. The van der Waals surface area contributed by atoms with Crippen molar-refractivity contribution in [1.82, 2.24) is 10.2 Å². The van der Waals surface area contributed by atoms with E-state index < -0.39 is 0 Å². The van der Waals surface area contributed by atoms with Crippen LogP contribution in [0.4, 0.5) is 0 Å². The van der Waals surface area contributed by atoms with E-state index in [1.807, 2.05) is 0 Å². The molecule has 1 aliphatic carbocycles. The maximum atomic E-state index is 3.63. The Morgan fingerprint density at radius 1 is 0.941 bits per heavy atom. The molecule has 0 radical (unpaired) electrons. The van der Waals surface area contributed by atoms with E-state index in [9.17, 15) is 0 Å². The summed E-state index contributed by atoms with van der Waals surface area (Å²) < 4.78 is 0. The van der Waals surface area contributed by atoms with Crippen molar-refractivity contribution in [2.75, 3.05) is 26.2 Å². The summed E-state index contributed by atoms with van der Waals surface area (Å²) >= 11 is 0. The highest BCUT2D eigenvalue weighted by Gasteiger charge is 2.35. The van der Waals surface area contributed by atoms with Crippen molar-refractivity contribution in [1.29, 1.82) is 0 Å². The van der Waals surface area contributed by atoms with Gasteiger partial charge in [0.05, 0.1) is 0 Å². The maximum Gasteiger partial charge on any atom is 0.0195 e. The average molecular weight is 236 g/mol. The minimum absolute atomic E-state index is 0.776. The van der Waals surface area contributed by atoms with Gasteiger partial charge in [-0.25, -0.2) is 0 Å². The zero-order chi connectivity index (χ0) is 11.6. The number of hydrogen-bond acceptors (Lipinski definition) is 2. The average Bonchev–Trinajstić information content (AvgIpc) is 2.87. The van der Waals surface area contributed by atoms with E-state index >= 15 is 0 Å². The molecule has 98 valence electrons. The second kappa shape index (κ2) is 5.27. The molecule has 1 atom stereocenters. The van der Waals surface area contributed by atoms with E-state index in [0.717, 1.165) is 11.5 Å². The zero-order valence-corrected chi connectivity index (χ0v) is 11.2. The normalized spacial score (nSPS) is 34.2. The summed E-state index contributed by atoms with van der Waals surface area (Å²) in [5.74, 6) is 0. The predicted molar refractivity (Wildman–Crippen MR) is 72.2 cm³/mol. The van der Waals surface area contributed by atoms with Gasteiger partial charge in [0, 0.05) is 12.6 Å². The third-order valence-electron chi connectivity index (χ3n) is 5.47. The van der Waals surface area contributed by atoms with E-state index in [0.29, 0.717) is 0 Å². The summed E-state index contributed by atoms with van der Waals surface area (Å²) in [7, 11) is 0. The molecule has 0 amide bonds. The Balaban J connectivity index is 1.46. The first-order valence-electron chi connectivity index (χ1n) is 7.82. The summed E-state index contributed by atoms with van der Waals surface area (Å²) in [6, 6.07) is 0.801. The second-order valence-corrected chi connectivity index (χ2v) is 6.65. The van der Waals surface area contributed by atoms with Gasteiger partial charge in [-0.1, -0.05) is 19.3 Å². The zero-order valence-electron chi connectivity index (χ0n) is 11.2.